The molecule has 0 saturated heterocycles. The molecule has 0 bridgehead atoms. The monoisotopic (exact) mass is 344 g/mol. The molecule has 1 fully saturated rings. The van der Waals surface area contributed by atoms with Gasteiger partial charge in [-0.25, -0.2) is 4.68 Å². The number of hydrogen-bond acceptors (Lipinski definition) is 5. The summed E-state index contributed by atoms with van der Waals surface area (Å²) >= 11 is 0. The van der Waals surface area contributed by atoms with Gasteiger partial charge < -0.3 is 10.1 Å². The summed E-state index contributed by atoms with van der Waals surface area (Å²) in [5, 5.41) is 11.0. The van der Waals surface area contributed by atoms with Crippen molar-refractivity contribution in [2.24, 2.45) is 5.92 Å². The molecule has 3 rings (SSSR count). The highest BCUT2D eigenvalue weighted by Gasteiger charge is 2.21. The predicted octanol–water partition coefficient (Wildman–Crippen LogP) is 1.50. The molecule has 25 heavy (non-hydrogen) atoms. The highest BCUT2D eigenvalue weighted by atomic mass is 16.5. The minimum absolute atomic E-state index is 0.142. The smallest absolute Gasteiger partial charge is 0.278 e. The van der Waals surface area contributed by atoms with Crippen LogP contribution in [0.1, 0.15) is 32.6 Å². The summed E-state index contributed by atoms with van der Waals surface area (Å²) in [4.78, 5) is 24.3. The maximum absolute atomic E-state index is 12.3. The molecule has 2 aromatic rings. The van der Waals surface area contributed by atoms with Crippen LogP contribution in [0, 0.1) is 5.92 Å². The van der Waals surface area contributed by atoms with E-state index in [0.29, 0.717) is 36.1 Å². The molecule has 7 heteroatoms. The first-order valence-electron chi connectivity index (χ1n) is 8.86. The summed E-state index contributed by atoms with van der Waals surface area (Å²) < 4.78 is 6.95. The lowest BCUT2D eigenvalue weighted by atomic mass is 9.88. The van der Waals surface area contributed by atoms with E-state index in [-0.39, 0.29) is 18.0 Å². The van der Waals surface area contributed by atoms with Gasteiger partial charge in [0.05, 0.1) is 18.1 Å². The first-order chi connectivity index (χ1) is 12.1. The molecule has 1 aromatic heterocycles. The number of benzene rings is 1. The number of aromatic nitrogens is 3. The van der Waals surface area contributed by atoms with Crippen LogP contribution >= 0.6 is 0 Å². The summed E-state index contributed by atoms with van der Waals surface area (Å²) in [6.45, 7) is 2.99. The number of carbonyl (C=O) groups is 1. The normalized spacial score (nSPS) is 20.5. The van der Waals surface area contributed by atoms with Crippen molar-refractivity contribution < 1.29 is 9.53 Å². The van der Waals surface area contributed by atoms with Crippen LogP contribution in [0.5, 0.6) is 0 Å². The van der Waals surface area contributed by atoms with Gasteiger partial charge in [0.1, 0.15) is 12.1 Å². The molecule has 1 aliphatic rings. The molecule has 1 heterocycles. The molecular formula is C18H24N4O3. The third-order valence-corrected chi connectivity index (χ3v) is 4.71. The first kappa shape index (κ1) is 17.5. The molecule has 0 radical (unpaired) electrons. The zero-order valence-corrected chi connectivity index (χ0v) is 14.5. The molecule has 0 spiro atoms. The number of carbonyl (C=O) groups excluding carboxylic acids is 1. The molecule has 1 saturated carbocycles. The quantitative estimate of drug-likeness (QED) is 0.803. The zero-order valence-electron chi connectivity index (χ0n) is 14.5. The van der Waals surface area contributed by atoms with Gasteiger partial charge in [0.25, 0.3) is 5.56 Å². The second kappa shape index (κ2) is 8.20. The molecular weight excluding hydrogens is 320 g/mol. The zero-order chi connectivity index (χ0) is 17.6. The van der Waals surface area contributed by atoms with Crippen molar-refractivity contribution in [2.75, 3.05) is 13.2 Å². The Labute approximate surface area is 146 Å². The fraction of sp³-hybridized carbons (Fsp3) is 0.556. The molecule has 2 atom stereocenters. The molecule has 0 aliphatic heterocycles. The Kier molecular flexibility index (Phi) is 5.75. The van der Waals surface area contributed by atoms with Gasteiger partial charge in [0.2, 0.25) is 5.91 Å². The highest BCUT2D eigenvalue weighted by molar-refractivity contribution is 5.78. The van der Waals surface area contributed by atoms with Crippen molar-refractivity contribution in [1.82, 2.24) is 20.3 Å². The predicted molar refractivity (Wildman–Crippen MR) is 94.2 cm³/mol. The number of fused-ring (bicyclic) bond motifs is 1. The van der Waals surface area contributed by atoms with Crippen LogP contribution in [0.3, 0.4) is 0 Å². The Morgan fingerprint density at radius 2 is 2.12 bits per heavy atom. The van der Waals surface area contributed by atoms with Crippen molar-refractivity contribution >= 4 is 16.8 Å². The Morgan fingerprint density at radius 1 is 1.32 bits per heavy atom. The van der Waals surface area contributed by atoms with Crippen molar-refractivity contribution in [3.8, 4) is 0 Å². The van der Waals surface area contributed by atoms with Gasteiger partial charge in [-0.05, 0) is 30.9 Å². The first-order valence-corrected chi connectivity index (χ1v) is 8.86. The van der Waals surface area contributed by atoms with Gasteiger partial charge in [-0.3, -0.25) is 9.59 Å². The third-order valence-electron chi connectivity index (χ3n) is 4.71. The molecule has 1 N–H and O–H groups in total. The second-order valence-electron chi connectivity index (χ2n) is 6.59. The van der Waals surface area contributed by atoms with Crippen LogP contribution in [-0.4, -0.2) is 40.2 Å². The minimum Gasteiger partial charge on any atom is -0.376 e. The summed E-state index contributed by atoms with van der Waals surface area (Å²) in [5.41, 5.74) is 0.215. The van der Waals surface area contributed by atoms with Gasteiger partial charge in [0.15, 0.2) is 0 Å². The van der Waals surface area contributed by atoms with E-state index in [1.165, 1.54) is 19.3 Å². The standard InChI is InChI=1S/C18H24N4O3/c1-13-6-2-5-9-16(13)25-11-10-19-17(23)12-22-18(24)14-7-3-4-8-15(14)20-21-22/h3-4,7-8,13,16H,2,5-6,9-12H2,1H3,(H,19,23)/t13-,16-/m0/s1. The van der Waals surface area contributed by atoms with E-state index in [0.717, 1.165) is 11.1 Å². The number of ether oxygens (including phenoxy) is 1. The lowest BCUT2D eigenvalue weighted by molar-refractivity contribution is -0.122. The Balaban J connectivity index is 1.48. The molecule has 134 valence electrons. The van der Waals surface area contributed by atoms with Crippen molar-refractivity contribution in [2.45, 2.75) is 45.3 Å². The van der Waals surface area contributed by atoms with Crippen molar-refractivity contribution in [3.05, 3.63) is 34.6 Å². The number of rotatable bonds is 6. The maximum atomic E-state index is 12.3. The minimum atomic E-state index is -0.312. The lowest BCUT2D eigenvalue weighted by Crippen LogP contribution is -2.36. The van der Waals surface area contributed by atoms with E-state index in [4.69, 9.17) is 4.74 Å². The van der Waals surface area contributed by atoms with Gasteiger partial charge in [-0.15, -0.1) is 5.10 Å². The van der Waals surface area contributed by atoms with Crippen LogP contribution in [0.15, 0.2) is 29.1 Å². The largest absolute Gasteiger partial charge is 0.376 e. The number of nitrogens with one attached hydrogen (secondary N) is 1. The highest BCUT2D eigenvalue weighted by Crippen LogP contribution is 2.25. The lowest BCUT2D eigenvalue weighted by Gasteiger charge is -2.28. The maximum Gasteiger partial charge on any atom is 0.278 e. The summed E-state index contributed by atoms with van der Waals surface area (Å²) in [6.07, 6.45) is 5.08. The van der Waals surface area contributed by atoms with Crippen LogP contribution in [0.2, 0.25) is 0 Å². The van der Waals surface area contributed by atoms with E-state index < -0.39 is 0 Å². The number of hydrogen-bond donors (Lipinski definition) is 1. The van der Waals surface area contributed by atoms with Gasteiger partial charge in [0, 0.05) is 6.54 Å². The summed E-state index contributed by atoms with van der Waals surface area (Å²) in [6, 6.07) is 6.96. The Hall–Kier alpha value is -2.28. The average molecular weight is 344 g/mol. The Morgan fingerprint density at radius 3 is 2.96 bits per heavy atom. The van der Waals surface area contributed by atoms with E-state index in [1.54, 1.807) is 24.3 Å². The van der Waals surface area contributed by atoms with Gasteiger partial charge in [-0.1, -0.05) is 37.1 Å². The van der Waals surface area contributed by atoms with Crippen molar-refractivity contribution in [1.29, 1.82) is 0 Å². The number of nitrogens with zero attached hydrogens (tertiary/aromatic N) is 3. The summed E-state index contributed by atoms with van der Waals surface area (Å²) in [5.74, 6) is 0.308. The molecule has 1 aromatic carbocycles. The SMILES string of the molecule is C[C@H]1CCCC[C@@H]1OCCNC(=O)Cn1nnc2ccccc2c1=O. The average Bonchev–Trinajstić information content (AvgIpc) is 2.63. The van der Waals surface area contributed by atoms with E-state index >= 15 is 0 Å². The van der Waals surface area contributed by atoms with Gasteiger partial charge >= 0.3 is 0 Å². The molecule has 0 unspecified atom stereocenters. The third kappa shape index (κ3) is 4.42. The van der Waals surface area contributed by atoms with E-state index in [2.05, 4.69) is 22.6 Å². The topological polar surface area (TPSA) is 86.1 Å². The van der Waals surface area contributed by atoms with Crippen LogP contribution in [-0.2, 0) is 16.1 Å². The van der Waals surface area contributed by atoms with Crippen LogP contribution < -0.4 is 10.9 Å². The van der Waals surface area contributed by atoms with E-state index in [9.17, 15) is 9.59 Å². The van der Waals surface area contributed by atoms with Crippen LogP contribution in [0.25, 0.3) is 10.9 Å². The van der Waals surface area contributed by atoms with Crippen LogP contribution in [0.4, 0.5) is 0 Å². The second-order valence-corrected chi connectivity index (χ2v) is 6.59. The molecule has 7 nitrogen and oxygen atoms in total. The van der Waals surface area contributed by atoms with Gasteiger partial charge in [-0.2, -0.15) is 0 Å². The molecule has 1 amide bonds. The fourth-order valence-corrected chi connectivity index (χ4v) is 3.25. The Bertz CT molecular complexity index is 789. The van der Waals surface area contributed by atoms with Crippen molar-refractivity contribution in [3.63, 3.8) is 0 Å². The fourth-order valence-electron chi connectivity index (χ4n) is 3.25. The molecule has 1 aliphatic carbocycles. The number of amides is 1. The van der Waals surface area contributed by atoms with E-state index in [1.807, 2.05) is 0 Å². The summed E-state index contributed by atoms with van der Waals surface area (Å²) in [7, 11) is 0.